The van der Waals surface area contributed by atoms with Gasteiger partial charge in [0, 0.05) is 41.7 Å². The Labute approximate surface area is 216 Å². The Kier molecular flexibility index (Phi) is 8.03. The van der Waals surface area contributed by atoms with Gasteiger partial charge in [-0.1, -0.05) is 6.07 Å². The van der Waals surface area contributed by atoms with E-state index in [9.17, 15) is 18.0 Å². The van der Waals surface area contributed by atoms with E-state index in [-0.39, 0.29) is 23.9 Å². The predicted octanol–water partition coefficient (Wildman–Crippen LogP) is 6.33. The first-order valence-corrected chi connectivity index (χ1v) is 11.8. The molecule has 0 saturated carbocycles. The number of aryl methyl sites for hydroxylation is 1. The number of anilines is 1. The molecule has 0 aliphatic heterocycles. The van der Waals surface area contributed by atoms with Crippen LogP contribution in [0.4, 0.5) is 18.9 Å². The second kappa shape index (κ2) is 11.4. The summed E-state index contributed by atoms with van der Waals surface area (Å²) in [5.74, 6) is -0.483. The molecule has 0 aliphatic carbocycles. The Morgan fingerprint density at radius 3 is 2.62 bits per heavy atom. The lowest BCUT2D eigenvalue weighted by Crippen LogP contribution is -2.14. The predicted molar refractivity (Wildman–Crippen MR) is 135 cm³/mol. The van der Waals surface area contributed by atoms with Gasteiger partial charge in [-0.15, -0.1) is 11.6 Å². The summed E-state index contributed by atoms with van der Waals surface area (Å²) in [6, 6.07) is 13.7. The molecule has 0 saturated heterocycles. The van der Waals surface area contributed by atoms with E-state index in [4.69, 9.17) is 16.3 Å². The molecule has 1 N–H and O–H groups in total. The quantitative estimate of drug-likeness (QED) is 0.272. The van der Waals surface area contributed by atoms with Crippen LogP contribution < -0.4 is 10.1 Å². The van der Waals surface area contributed by atoms with Crippen molar-refractivity contribution >= 4 is 23.2 Å². The number of alkyl halides is 4. The number of hydrogen-bond acceptors (Lipinski definition) is 5. The molecular formula is C27H22ClF3N4O2. The zero-order valence-corrected chi connectivity index (χ0v) is 20.5. The van der Waals surface area contributed by atoms with Gasteiger partial charge in [-0.25, -0.2) is 9.97 Å². The van der Waals surface area contributed by atoms with Gasteiger partial charge in [0.25, 0.3) is 5.91 Å². The highest BCUT2D eigenvalue weighted by molar-refractivity contribution is 6.18. The normalized spacial score (nSPS) is 11.3. The summed E-state index contributed by atoms with van der Waals surface area (Å²) in [5.41, 5.74) is 3.42. The molecule has 0 unspecified atom stereocenters. The number of hydrogen-bond donors (Lipinski definition) is 1. The minimum absolute atomic E-state index is 0.0299. The molecule has 4 rings (SSSR count). The molecule has 190 valence electrons. The summed E-state index contributed by atoms with van der Waals surface area (Å²) >= 11 is 5.59. The fourth-order valence-electron chi connectivity index (χ4n) is 3.72. The van der Waals surface area contributed by atoms with Crippen molar-refractivity contribution in [3.63, 3.8) is 0 Å². The van der Waals surface area contributed by atoms with Crippen LogP contribution in [0.3, 0.4) is 0 Å². The molecule has 0 bridgehead atoms. The number of aromatic nitrogens is 3. The molecule has 2 aromatic carbocycles. The van der Waals surface area contributed by atoms with Crippen LogP contribution in [0.15, 0.2) is 73.3 Å². The maximum absolute atomic E-state index is 13.4. The van der Waals surface area contributed by atoms with Crippen LogP contribution >= 0.6 is 11.6 Å². The van der Waals surface area contributed by atoms with Gasteiger partial charge >= 0.3 is 6.18 Å². The largest absolute Gasteiger partial charge is 0.492 e. The van der Waals surface area contributed by atoms with E-state index in [0.717, 1.165) is 40.2 Å². The number of nitrogens with zero attached hydrogens (tertiary/aromatic N) is 3. The molecule has 4 aromatic rings. The van der Waals surface area contributed by atoms with Gasteiger partial charge in [-0.3, -0.25) is 9.78 Å². The van der Waals surface area contributed by atoms with E-state index in [0.29, 0.717) is 12.0 Å². The summed E-state index contributed by atoms with van der Waals surface area (Å²) in [7, 11) is 0. The lowest BCUT2D eigenvalue weighted by atomic mass is 9.97. The molecule has 0 aliphatic rings. The highest BCUT2D eigenvalue weighted by Gasteiger charge is 2.31. The number of amides is 1. The summed E-state index contributed by atoms with van der Waals surface area (Å²) in [4.78, 5) is 25.8. The third-order valence-corrected chi connectivity index (χ3v) is 5.71. The molecule has 6 nitrogen and oxygen atoms in total. The van der Waals surface area contributed by atoms with Crippen molar-refractivity contribution in [1.82, 2.24) is 15.0 Å². The van der Waals surface area contributed by atoms with Crippen molar-refractivity contribution in [3.05, 3.63) is 101 Å². The maximum atomic E-state index is 13.4. The van der Waals surface area contributed by atoms with E-state index >= 15 is 0 Å². The number of halogens is 4. The fourth-order valence-corrected chi connectivity index (χ4v) is 3.80. The van der Waals surface area contributed by atoms with Crippen LogP contribution in [0.2, 0.25) is 0 Å². The monoisotopic (exact) mass is 526 g/mol. The number of nitrogens with one attached hydrogen (secondary N) is 1. The Morgan fingerprint density at radius 1 is 1.05 bits per heavy atom. The molecule has 2 aromatic heterocycles. The molecule has 0 atom stereocenters. The SMILES string of the molecule is Cc1ccc(C(=O)Nc2cc(OCCCl)cc(C(F)(F)F)c2)cc1Cc1ncccc1-c1ccncn1. The first kappa shape index (κ1) is 26.1. The number of ether oxygens (including phenoxy) is 1. The fraction of sp³-hybridized carbons (Fsp3) is 0.185. The lowest BCUT2D eigenvalue weighted by molar-refractivity contribution is -0.137. The van der Waals surface area contributed by atoms with Gasteiger partial charge in [-0.2, -0.15) is 13.2 Å². The van der Waals surface area contributed by atoms with E-state index in [2.05, 4.69) is 20.3 Å². The van der Waals surface area contributed by atoms with Crippen LogP contribution in [0, 0.1) is 6.92 Å². The zero-order chi connectivity index (χ0) is 26.4. The van der Waals surface area contributed by atoms with E-state index in [1.54, 1.807) is 36.7 Å². The minimum Gasteiger partial charge on any atom is -0.492 e. The van der Waals surface area contributed by atoms with Crippen molar-refractivity contribution in [2.75, 3.05) is 17.8 Å². The van der Waals surface area contributed by atoms with Crippen molar-refractivity contribution in [3.8, 4) is 17.0 Å². The average molecular weight is 527 g/mol. The van der Waals surface area contributed by atoms with Crippen molar-refractivity contribution < 1.29 is 22.7 Å². The topological polar surface area (TPSA) is 77.0 Å². The molecule has 1 amide bonds. The second-order valence-corrected chi connectivity index (χ2v) is 8.52. The van der Waals surface area contributed by atoms with Crippen LogP contribution in [-0.4, -0.2) is 33.3 Å². The van der Waals surface area contributed by atoms with Gasteiger partial charge in [0.1, 0.15) is 18.7 Å². The Balaban J connectivity index is 1.60. The summed E-state index contributed by atoms with van der Waals surface area (Å²) in [6.07, 6.45) is 0.606. The van der Waals surface area contributed by atoms with Gasteiger partial charge < -0.3 is 10.1 Å². The third-order valence-electron chi connectivity index (χ3n) is 5.55. The minimum atomic E-state index is -4.61. The van der Waals surface area contributed by atoms with Gasteiger partial charge in [0.2, 0.25) is 0 Å². The van der Waals surface area contributed by atoms with Gasteiger partial charge in [-0.05, 0) is 60.5 Å². The second-order valence-electron chi connectivity index (χ2n) is 8.15. The number of benzene rings is 2. The Morgan fingerprint density at radius 2 is 1.89 bits per heavy atom. The smallest absolute Gasteiger partial charge is 0.416 e. The molecule has 2 heterocycles. The van der Waals surface area contributed by atoms with E-state index in [1.165, 1.54) is 12.4 Å². The molecule has 0 spiro atoms. The summed E-state index contributed by atoms with van der Waals surface area (Å²) < 4.78 is 45.4. The highest BCUT2D eigenvalue weighted by atomic mass is 35.5. The summed E-state index contributed by atoms with van der Waals surface area (Å²) in [6.45, 7) is 1.94. The third kappa shape index (κ3) is 6.62. The number of rotatable bonds is 8. The average Bonchev–Trinajstić information content (AvgIpc) is 2.89. The first-order valence-electron chi connectivity index (χ1n) is 11.3. The number of pyridine rings is 1. The number of carbonyl (C=O) groups is 1. The zero-order valence-electron chi connectivity index (χ0n) is 19.7. The number of carbonyl (C=O) groups excluding carboxylic acids is 1. The van der Waals surface area contributed by atoms with Crippen molar-refractivity contribution in [1.29, 1.82) is 0 Å². The van der Waals surface area contributed by atoms with Crippen LogP contribution in [0.25, 0.3) is 11.3 Å². The molecule has 10 heteroatoms. The van der Waals surface area contributed by atoms with E-state index < -0.39 is 17.6 Å². The Hall–Kier alpha value is -3.98. The first-order chi connectivity index (χ1) is 17.7. The lowest BCUT2D eigenvalue weighted by Gasteiger charge is -2.14. The standard InChI is InChI=1S/C27H22ClF3N4O2/c1-17-4-5-18(11-19(17)12-25-23(3-2-8-33-25)24-6-9-32-16-34-24)26(36)35-21-13-20(27(29,30)31)14-22(15-21)37-10-7-28/h2-6,8-9,11,13-16H,7,10,12H2,1H3,(H,35,36). The van der Waals surface area contributed by atoms with Crippen LogP contribution in [-0.2, 0) is 12.6 Å². The van der Waals surface area contributed by atoms with Gasteiger partial charge in [0.05, 0.1) is 22.8 Å². The maximum Gasteiger partial charge on any atom is 0.416 e. The Bertz CT molecular complexity index is 1400. The van der Waals surface area contributed by atoms with Crippen molar-refractivity contribution in [2.24, 2.45) is 0 Å². The van der Waals surface area contributed by atoms with Crippen LogP contribution in [0.1, 0.15) is 32.7 Å². The van der Waals surface area contributed by atoms with Crippen LogP contribution in [0.5, 0.6) is 5.75 Å². The highest BCUT2D eigenvalue weighted by Crippen LogP contribution is 2.34. The molecule has 0 fully saturated rings. The molecule has 37 heavy (non-hydrogen) atoms. The molecule has 0 radical (unpaired) electrons. The molecular weight excluding hydrogens is 505 g/mol. The van der Waals surface area contributed by atoms with E-state index in [1.807, 2.05) is 19.1 Å². The van der Waals surface area contributed by atoms with Crippen molar-refractivity contribution in [2.45, 2.75) is 19.5 Å². The summed E-state index contributed by atoms with van der Waals surface area (Å²) in [5, 5.41) is 2.55. The van der Waals surface area contributed by atoms with Gasteiger partial charge in [0.15, 0.2) is 0 Å².